The van der Waals surface area contributed by atoms with Crippen molar-refractivity contribution in [3.63, 3.8) is 0 Å². The van der Waals surface area contributed by atoms with E-state index in [-0.39, 0.29) is 23.7 Å². The molecule has 1 aliphatic carbocycles. The van der Waals surface area contributed by atoms with E-state index in [1.54, 1.807) is 12.1 Å². The summed E-state index contributed by atoms with van der Waals surface area (Å²) in [6.07, 6.45) is 5.40. The summed E-state index contributed by atoms with van der Waals surface area (Å²) in [6, 6.07) is 12.7. The zero-order valence-corrected chi connectivity index (χ0v) is 19.3. The number of halogens is 1. The van der Waals surface area contributed by atoms with E-state index in [4.69, 9.17) is 0 Å². The van der Waals surface area contributed by atoms with Crippen molar-refractivity contribution in [3.8, 4) is 0 Å². The molecule has 0 saturated carbocycles. The number of fused-ring (bicyclic) bond motifs is 3. The number of amides is 2. The number of aromatic amines is 1. The Morgan fingerprint density at radius 3 is 2.88 bits per heavy atom. The molecule has 1 aliphatic heterocycles. The fourth-order valence-electron chi connectivity index (χ4n) is 5.21. The lowest BCUT2D eigenvalue weighted by Gasteiger charge is -2.24. The van der Waals surface area contributed by atoms with Gasteiger partial charge in [0.05, 0.1) is 0 Å². The Labute approximate surface area is 198 Å². The molecule has 6 nitrogen and oxygen atoms in total. The predicted octanol–water partition coefficient (Wildman–Crippen LogP) is 4.22. The summed E-state index contributed by atoms with van der Waals surface area (Å²) in [7, 11) is 0. The molecule has 0 radical (unpaired) electrons. The van der Waals surface area contributed by atoms with Gasteiger partial charge in [0.25, 0.3) is 5.91 Å². The molecule has 1 saturated heterocycles. The minimum absolute atomic E-state index is 0.0822. The third-order valence-corrected chi connectivity index (χ3v) is 6.97. The SMILES string of the molecule is O=C(NCCCN1CCCC1=O)c1ccc2[nH]c3c(c2c1)CCCC3NCc1cccc(F)c1. The number of rotatable bonds is 8. The predicted molar refractivity (Wildman–Crippen MR) is 130 cm³/mol. The maximum Gasteiger partial charge on any atom is 0.251 e. The fourth-order valence-corrected chi connectivity index (χ4v) is 5.21. The first-order valence-electron chi connectivity index (χ1n) is 12.3. The zero-order chi connectivity index (χ0) is 23.5. The molecule has 3 N–H and O–H groups in total. The summed E-state index contributed by atoms with van der Waals surface area (Å²) >= 11 is 0. The van der Waals surface area contributed by atoms with E-state index in [1.807, 2.05) is 29.2 Å². The molecule has 2 aromatic carbocycles. The number of H-pyrrole nitrogens is 1. The van der Waals surface area contributed by atoms with Crippen LogP contribution in [-0.4, -0.2) is 41.3 Å². The fraction of sp³-hybridized carbons (Fsp3) is 0.407. The number of hydrogen-bond acceptors (Lipinski definition) is 3. The molecule has 3 aromatic rings. The van der Waals surface area contributed by atoms with Crippen molar-refractivity contribution < 1.29 is 14.0 Å². The first-order chi connectivity index (χ1) is 16.6. The first kappa shape index (κ1) is 22.6. The lowest BCUT2D eigenvalue weighted by Crippen LogP contribution is -2.30. The molecule has 2 aliphatic rings. The number of nitrogens with zero attached hydrogens (tertiary/aromatic N) is 1. The number of aryl methyl sites for hydroxylation is 1. The van der Waals surface area contributed by atoms with Gasteiger partial charge in [-0.05, 0) is 73.6 Å². The monoisotopic (exact) mass is 462 g/mol. The number of aromatic nitrogens is 1. The van der Waals surface area contributed by atoms with Crippen molar-refractivity contribution in [1.82, 2.24) is 20.5 Å². The highest BCUT2D eigenvalue weighted by Gasteiger charge is 2.24. The topological polar surface area (TPSA) is 77.2 Å². The van der Waals surface area contributed by atoms with Gasteiger partial charge in [0, 0.05) is 60.8 Å². The van der Waals surface area contributed by atoms with Crippen molar-refractivity contribution in [2.45, 2.75) is 51.1 Å². The van der Waals surface area contributed by atoms with E-state index in [2.05, 4.69) is 15.6 Å². The van der Waals surface area contributed by atoms with Gasteiger partial charge >= 0.3 is 0 Å². The summed E-state index contributed by atoms with van der Waals surface area (Å²) < 4.78 is 13.5. The minimum Gasteiger partial charge on any atom is -0.357 e. The molecule has 1 atom stereocenters. The Bertz CT molecular complexity index is 1200. The summed E-state index contributed by atoms with van der Waals surface area (Å²) in [5, 5.41) is 7.67. The normalized spacial score (nSPS) is 17.9. The number of nitrogens with one attached hydrogen (secondary N) is 3. The van der Waals surface area contributed by atoms with Crippen LogP contribution >= 0.6 is 0 Å². The second kappa shape index (κ2) is 9.97. The Balaban J connectivity index is 1.23. The van der Waals surface area contributed by atoms with E-state index in [9.17, 15) is 14.0 Å². The van der Waals surface area contributed by atoms with Crippen molar-refractivity contribution in [3.05, 3.63) is 70.7 Å². The van der Waals surface area contributed by atoms with Gasteiger partial charge in [-0.3, -0.25) is 9.59 Å². The molecule has 2 amide bonds. The van der Waals surface area contributed by atoms with E-state index < -0.39 is 0 Å². The molecule has 7 heteroatoms. The number of carbonyl (C=O) groups excluding carboxylic acids is 2. The van der Waals surface area contributed by atoms with Gasteiger partial charge in [0.15, 0.2) is 0 Å². The van der Waals surface area contributed by atoms with Crippen molar-refractivity contribution in [2.24, 2.45) is 0 Å². The van der Waals surface area contributed by atoms with E-state index >= 15 is 0 Å². The van der Waals surface area contributed by atoms with Gasteiger partial charge < -0.3 is 20.5 Å². The standard InChI is InChI=1S/C27H31FN4O2/c28-20-6-1-5-18(15-20)17-30-24-8-2-7-21-22-16-19(10-11-23(22)31-26(21)24)27(34)29-12-4-14-32-13-3-9-25(32)33/h1,5-6,10-11,15-16,24,30-31H,2-4,7-9,12-14,17H2,(H,29,34). The number of likely N-dealkylation sites (tertiary alicyclic amines) is 1. The minimum atomic E-state index is -0.218. The molecule has 1 fully saturated rings. The van der Waals surface area contributed by atoms with Crippen LogP contribution in [0.2, 0.25) is 0 Å². The van der Waals surface area contributed by atoms with Crippen LogP contribution in [0, 0.1) is 5.82 Å². The van der Waals surface area contributed by atoms with Gasteiger partial charge in [0.2, 0.25) is 5.91 Å². The van der Waals surface area contributed by atoms with Gasteiger partial charge in [-0.15, -0.1) is 0 Å². The molecule has 5 rings (SSSR count). The second-order valence-electron chi connectivity index (χ2n) is 9.33. The summed E-state index contributed by atoms with van der Waals surface area (Å²) in [5.74, 6) is -0.0801. The Morgan fingerprint density at radius 1 is 1.15 bits per heavy atom. The maximum atomic E-state index is 13.5. The van der Waals surface area contributed by atoms with Gasteiger partial charge in [-0.1, -0.05) is 12.1 Å². The van der Waals surface area contributed by atoms with Crippen LogP contribution in [0.5, 0.6) is 0 Å². The average Bonchev–Trinajstić information content (AvgIpc) is 3.43. The zero-order valence-electron chi connectivity index (χ0n) is 19.3. The van der Waals surface area contributed by atoms with E-state index in [0.29, 0.717) is 31.6 Å². The van der Waals surface area contributed by atoms with Gasteiger partial charge in [0.1, 0.15) is 5.82 Å². The van der Waals surface area contributed by atoms with Crippen molar-refractivity contribution in [2.75, 3.05) is 19.6 Å². The molecule has 1 unspecified atom stereocenters. The number of carbonyl (C=O) groups is 2. The van der Waals surface area contributed by atoms with Crippen LogP contribution in [0.4, 0.5) is 4.39 Å². The second-order valence-corrected chi connectivity index (χ2v) is 9.33. The van der Waals surface area contributed by atoms with E-state index in [1.165, 1.54) is 17.3 Å². The third kappa shape index (κ3) is 4.85. The highest BCUT2D eigenvalue weighted by Crippen LogP contribution is 2.35. The first-order valence-corrected chi connectivity index (χ1v) is 12.3. The van der Waals surface area contributed by atoms with Gasteiger partial charge in [-0.25, -0.2) is 4.39 Å². The highest BCUT2D eigenvalue weighted by atomic mass is 19.1. The van der Waals surface area contributed by atoms with Crippen LogP contribution < -0.4 is 10.6 Å². The Kier molecular flexibility index (Phi) is 6.63. The molecule has 1 aromatic heterocycles. The average molecular weight is 463 g/mol. The van der Waals surface area contributed by atoms with Crippen LogP contribution in [-0.2, 0) is 17.8 Å². The Hall–Kier alpha value is -3.19. The van der Waals surface area contributed by atoms with Crippen LogP contribution in [0.25, 0.3) is 10.9 Å². The molecule has 178 valence electrons. The van der Waals surface area contributed by atoms with Crippen LogP contribution in [0.3, 0.4) is 0 Å². The molecule has 0 spiro atoms. The lowest BCUT2D eigenvalue weighted by atomic mass is 9.91. The Morgan fingerprint density at radius 2 is 2.06 bits per heavy atom. The molecule has 2 heterocycles. The highest BCUT2D eigenvalue weighted by molar-refractivity contribution is 5.99. The smallest absolute Gasteiger partial charge is 0.251 e. The number of hydrogen-bond donors (Lipinski definition) is 3. The molecular weight excluding hydrogens is 431 g/mol. The maximum absolute atomic E-state index is 13.5. The van der Waals surface area contributed by atoms with Gasteiger partial charge in [-0.2, -0.15) is 0 Å². The summed E-state index contributed by atoms with van der Waals surface area (Å²) in [4.78, 5) is 29.9. The van der Waals surface area contributed by atoms with E-state index in [0.717, 1.165) is 55.1 Å². The quantitative estimate of drug-likeness (QED) is 0.439. The van der Waals surface area contributed by atoms with Crippen molar-refractivity contribution >= 4 is 22.7 Å². The number of benzene rings is 2. The van der Waals surface area contributed by atoms with Crippen molar-refractivity contribution in [1.29, 1.82) is 0 Å². The largest absolute Gasteiger partial charge is 0.357 e. The molecule has 0 bridgehead atoms. The molecule has 34 heavy (non-hydrogen) atoms. The summed E-state index contributed by atoms with van der Waals surface area (Å²) in [6.45, 7) is 2.69. The lowest BCUT2D eigenvalue weighted by molar-refractivity contribution is -0.127. The summed E-state index contributed by atoms with van der Waals surface area (Å²) in [5.41, 5.74) is 5.05. The van der Waals surface area contributed by atoms with Crippen LogP contribution in [0.15, 0.2) is 42.5 Å². The third-order valence-electron chi connectivity index (χ3n) is 6.97. The molecular formula is C27H31FN4O2. The van der Waals surface area contributed by atoms with Crippen LogP contribution in [0.1, 0.15) is 65.3 Å².